The molecule has 20 heavy (non-hydrogen) atoms. The number of hydrogen-bond donors (Lipinski definition) is 2. The molecular formula is C16H16BNO2. The first-order valence-electron chi connectivity index (χ1n) is 6.70. The van der Waals surface area contributed by atoms with Crippen molar-refractivity contribution in [2.45, 2.75) is 13.4 Å². The van der Waals surface area contributed by atoms with Crippen LogP contribution in [0.4, 0.5) is 0 Å². The summed E-state index contributed by atoms with van der Waals surface area (Å²) in [5.41, 5.74) is 2.91. The highest BCUT2D eigenvalue weighted by molar-refractivity contribution is 6.64. The number of hydrogen-bond acceptors (Lipinski definition) is 2. The average Bonchev–Trinajstić information content (AvgIpc) is 2.91. The third kappa shape index (κ3) is 2.56. The number of H-pyrrole nitrogens is 1. The summed E-state index contributed by atoms with van der Waals surface area (Å²) in [6, 6.07) is 17.9. The molecule has 0 aliphatic heterocycles. The van der Waals surface area contributed by atoms with E-state index in [1.165, 1.54) is 0 Å². The smallest absolute Gasteiger partial charge is 0.337 e. The first-order valence-corrected chi connectivity index (χ1v) is 6.70. The van der Waals surface area contributed by atoms with Crippen LogP contribution in [0, 0.1) is 0 Å². The summed E-state index contributed by atoms with van der Waals surface area (Å²) in [6.07, 6.45) is 0. The van der Waals surface area contributed by atoms with Gasteiger partial charge in [0.15, 0.2) is 0 Å². The second-order valence-corrected chi connectivity index (χ2v) is 4.89. The molecule has 0 fully saturated rings. The number of aromatic nitrogens is 1. The van der Waals surface area contributed by atoms with Gasteiger partial charge in [-0.05, 0) is 23.8 Å². The Morgan fingerprint density at radius 3 is 2.65 bits per heavy atom. The maximum atomic E-state index is 9.65. The molecule has 2 aromatic carbocycles. The zero-order chi connectivity index (χ0) is 13.9. The van der Waals surface area contributed by atoms with Crippen LogP contribution in [0.3, 0.4) is 0 Å². The number of rotatable bonds is 4. The Morgan fingerprint density at radius 2 is 1.90 bits per heavy atom. The van der Waals surface area contributed by atoms with E-state index in [0.717, 1.165) is 27.8 Å². The van der Waals surface area contributed by atoms with Crippen molar-refractivity contribution in [3.63, 3.8) is 0 Å². The van der Waals surface area contributed by atoms with Gasteiger partial charge in [0.25, 0.3) is 0 Å². The Labute approximate surface area is 118 Å². The van der Waals surface area contributed by atoms with Crippen LogP contribution in [0.25, 0.3) is 10.9 Å². The highest BCUT2D eigenvalue weighted by Gasteiger charge is 2.12. The van der Waals surface area contributed by atoms with Crippen LogP contribution >= 0.6 is 0 Å². The molecule has 4 heteroatoms. The van der Waals surface area contributed by atoms with E-state index in [9.17, 15) is 5.02 Å². The normalized spacial score (nSPS) is 10.7. The SMILES string of the molecule is CB(O)c1cc2c(OCc3ccccc3)cccc2[nH]1. The Kier molecular flexibility index (Phi) is 3.48. The van der Waals surface area contributed by atoms with Gasteiger partial charge in [-0.1, -0.05) is 43.2 Å². The molecule has 3 rings (SSSR count). The third-order valence-electron chi connectivity index (χ3n) is 3.33. The lowest BCUT2D eigenvalue weighted by molar-refractivity contribution is 0.310. The van der Waals surface area contributed by atoms with E-state index in [1.807, 2.05) is 54.6 Å². The molecule has 0 saturated carbocycles. The maximum Gasteiger partial charge on any atom is 0.337 e. The molecule has 0 amide bonds. The Balaban J connectivity index is 1.87. The van der Waals surface area contributed by atoms with Gasteiger partial charge in [0.1, 0.15) is 12.4 Å². The zero-order valence-corrected chi connectivity index (χ0v) is 11.3. The zero-order valence-electron chi connectivity index (χ0n) is 11.3. The quantitative estimate of drug-likeness (QED) is 0.712. The van der Waals surface area contributed by atoms with E-state index in [2.05, 4.69) is 4.98 Å². The highest BCUT2D eigenvalue weighted by atomic mass is 16.5. The fourth-order valence-electron chi connectivity index (χ4n) is 2.24. The molecule has 0 aliphatic rings. The monoisotopic (exact) mass is 265 g/mol. The van der Waals surface area contributed by atoms with Crippen molar-refractivity contribution in [1.82, 2.24) is 4.98 Å². The largest absolute Gasteiger partial charge is 0.488 e. The summed E-state index contributed by atoms with van der Waals surface area (Å²) in [4.78, 5) is 3.20. The summed E-state index contributed by atoms with van der Waals surface area (Å²) in [5.74, 6) is 0.828. The Bertz CT molecular complexity index is 707. The van der Waals surface area contributed by atoms with Crippen LogP contribution in [-0.2, 0) is 6.61 Å². The van der Waals surface area contributed by atoms with Crippen LogP contribution in [0.2, 0.25) is 6.82 Å². The molecule has 2 N–H and O–H groups in total. The first kappa shape index (κ1) is 12.8. The lowest BCUT2D eigenvalue weighted by Gasteiger charge is -2.07. The van der Waals surface area contributed by atoms with Gasteiger partial charge in [-0.25, -0.2) is 0 Å². The lowest BCUT2D eigenvalue weighted by atomic mass is 9.68. The molecule has 0 saturated heterocycles. The minimum atomic E-state index is -0.510. The van der Waals surface area contributed by atoms with Gasteiger partial charge >= 0.3 is 6.92 Å². The van der Waals surface area contributed by atoms with E-state index in [0.29, 0.717) is 6.61 Å². The van der Waals surface area contributed by atoms with Gasteiger partial charge in [0.2, 0.25) is 0 Å². The van der Waals surface area contributed by atoms with Gasteiger partial charge < -0.3 is 14.7 Å². The minimum absolute atomic E-state index is 0.510. The minimum Gasteiger partial charge on any atom is -0.488 e. The van der Waals surface area contributed by atoms with Crippen LogP contribution in [0.15, 0.2) is 54.6 Å². The fraction of sp³-hybridized carbons (Fsp3) is 0.125. The molecule has 0 atom stereocenters. The summed E-state index contributed by atoms with van der Waals surface area (Å²) in [6.45, 7) is 1.77. The topological polar surface area (TPSA) is 45.2 Å². The van der Waals surface area contributed by atoms with Crippen molar-refractivity contribution in [2.75, 3.05) is 0 Å². The molecule has 0 spiro atoms. The molecule has 0 radical (unpaired) electrons. The molecule has 0 bridgehead atoms. The second-order valence-electron chi connectivity index (χ2n) is 4.89. The van der Waals surface area contributed by atoms with E-state index in [4.69, 9.17) is 4.74 Å². The number of fused-ring (bicyclic) bond motifs is 1. The van der Waals surface area contributed by atoms with Gasteiger partial charge in [-0.3, -0.25) is 0 Å². The summed E-state index contributed by atoms with van der Waals surface area (Å²) < 4.78 is 5.90. The Hall–Kier alpha value is -2.20. The molecule has 1 heterocycles. The molecule has 0 aliphatic carbocycles. The van der Waals surface area contributed by atoms with E-state index in [1.54, 1.807) is 6.82 Å². The van der Waals surface area contributed by atoms with Gasteiger partial charge in [-0.2, -0.15) is 0 Å². The Morgan fingerprint density at radius 1 is 1.10 bits per heavy atom. The van der Waals surface area contributed by atoms with Crippen LogP contribution in [-0.4, -0.2) is 16.9 Å². The van der Waals surface area contributed by atoms with Crippen LogP contribution in [0.5, 0.6) is 5.75 Å². The number of nitrogens with one attached hydrogen (secondary N) is 1. The molecule has 100 valence electrons. The number of benzene rings is 2. The highest BCUT2D eigenvalue weighted by Crippen LogP contribution is 2.24. The van der Waals surface area contributed by atoms with Crippen LogP contribution < -0.4 is 10.3 Å². The third-order valence-corrected chi connectivity index (χ3v) is 3.33. The molecule has 0 unspecified atom stereocenters. The maximum absolute atomic E-state index is 9.65. The molecular weight excluding hydrogens is 249 g/mol. The van der Waals surface area contributed by atoms with Gasteiger partial charge in [0.05, 0.1) is 0 Å². The van der Waals surface area contributed by atoms with E-state index in [-0.39, 0.29) is 0 Å². The van der Waals surface area contributed by atoms with Crippen molar-refractivity contribution < 1.29 is 9.76 Å². The average molecular weight is 265 g/mol. The van der Waals surface area contributed by atoms with Crippen molar-refractivity contribution in [3.8, 4) is 5.75 Å². The summed E-state index contributed by atoms with van der Waals surface area (Å²) >= 11 is 0. The summed E-state index contributed by atoms with van der Waals surface area (Å²) in [5, 5.41) is 10.7. The van der Waals surface area contributed by atoms with E-state index >= 15 is 0 Å². The molecule has 3 nitrogen and oxygen atoms in total. The van der Waals surface area contributed by atoms with E-state index < -0.39 is 6.92 Å². The van der Waals surface area contributed by atoms with Crippen LogP contribution in [0.1, 0.15) is 5.56 Å². The lowest BCUT2D eigenvalue weighted by Crippen LogP contribution is -2.26. The molecule has 3 aromatic rings. The predicted octanol–water partition coefficient (Wildman–Crippen LogP) is 2.57. The summed E-state index contributed by atoms with van der Waals surface area (Å²) in [7, 11) is 0. The standard InChI is InChI=1S/C16H16BNO2/c1-17(19)16-10-13-14(18-16)8-5-9-15(13)20-11-12-6-3-2-4-7-12/h2-10,18-19H,11H2,1H3. The van der Waals surface area contributed by atoms with Gasteiger partial charge in [0, 0.05) is 16.5 Å². The first-order chi connectivity index (χ1) is 9.74. The number of aromatic amines is 1. The fourth-order valence-corrected chi connectivity index (χ4v) is 2.24. The predicted molar refractivity (Wildman–Crippen MR) is 82.5 cm³/mol. The van der Waals surface area contributed by atoms with Gasteiger partial charge in [-0.15, -0.1) is 0 Å². The van der Waals surface area contributed by atoms with Crippen molar-refractivity contribution in [2.24, 2.45) is 0 Å². The second kappa shape index (κ2) is 5.43. The molecule has 1 aromatic heterocycles. The van der Waals surface area contributed by atoms with Crippen molar-refractivity contribution in [3.05, 3.63) is 60.2 Å². The number of ether oxygens (including phenoxy) is 1. The van der Waals surface area contributed by atoms with Crippen molar-refractivity contribution in [1.29, 1.82) is 0 Å². The van der Waals surface area contributed by atoms with Crippen molar-refractivity contribution >= 4 is 23.4 Å².